The maximum atomic E-state index is 5.80. The average Bonchev–Trinajstić information content (AvgIpc) is 2.75. The minimum Gasteiger partial charge on any atom is -0.375 e. The number of nitrogens with two attached hydrogens (primary N) is 1. The highest BCUT2D eigenvalue weighted by Gasteiger charge is 2.12. The molecule has 2 rings (SSSR count). The van der Waals surface area contributed by atoms with Gasteiger partial charge in [0.05, 0.1) is 24.3 Å². The molecule has 3 N–H and O–H groups in total. The van der Waals surface area contributed by atoms with Crippen molar-refractivity contribution in [1.82, 2.24) is 9.55 Å². The van der Waals surface area contributed by atoms with E-state index in [-0.39, 0.29) is 6.04 Å². The molecular formula is C12H15BrN4. The third-order valence-electron chi connectivity index (χ3n) is 2.63. The number of halogens is 1. The molecule has 0 fully saturated rings. The van der Waals surface area contributed by atoms with Crippen molar-refractivity contribution < 1.29 is 0 Å². The van der Waals surface area contributed by atoms with Crippen LogP contribution in [0.2, 0.25) is 0 Å². The molecule has 4 nitrogen and oxygen atoms in total. The van der Waals surface area contributed by atoms with Gasteiger partial charge < -0.3 is 15.6 Å². The molecular weight excluding hydrogens is 280 g/mol. The maximum absolute atomic E-state index is 5.80. The highest BCUT2D eigenvalue weighted by molar-refractivity contribution is 9.10. The van der Waals surface area contributed by atoms with Crippen LogP contribution < -0.4 is 11.1 Å². The summed E-state index contributed by atoms with van der Waals surface area (Å²) in [5.74, 6) is 0. The molecule has 0 amide bonds. The van der Waals surface area contributed by atoms with Gasteiger partial charge in [-0.2, -0.15) is 0 Å². The molecule has 1 heterocycles. The highest BCUT2D eigenvalue weighted by atomic mass is 79.9. The summed E-state index contributed by atoms with van der Waals surface area (Å²) >= 11 is 3.41. The second kappa shape index (κ2) is 5.33. The van der Waals surface area contributed by atoms with Gasteiger partial charge in [0.25, 0.3) is 0 Å². The van der Waals surface area contributed by atoms with Crippen LogP contribution in [0.25, 0.3) is 0 Å². The Kier molecular flexibility index (Phi) is 3.81. The third kappa shape index (κ3) is 2.87. The Hall–Kier alpha value is -1.33. The quantitative estimate of drug-likeness (QED) is 0.910. The van der Waals surface area contributed by atoms with Gasteiger partial charge in [-0.1, -0.05) is 15.9 Å². The van der Waals surface area contributed by atoms with Crippen molar-refractivity contribution in [2.45, 2.75) is 6.04 Å². The normalized spacial score (nSPS) is 12.4. The first-order chi connectivity index (χ1) is 8.20. The Bertz CT molecular complexity index is 478. The lowest BCUT2D eigenvalue weighted by Crippen LogP contribution is -2.22. The van der Waals surface area contributed by atoms with Crippen LogP contribution in [0.1, 0.15) is 11.7 Å². The molecule has 1 aromatic carbocycles. The minimum atomic E-state index is 0.0728. The summed E-state index contributed by atoms with van der Waals surface area (Å²) in [5, 5.41) is 3.39. The molecule has 1 atom stereocenters. The molecule has 0 aliphatic heterocycles. The molecule has 5 heteroatoms. The van der Waals surface area contributed by atoms with E-state index in [2.05, 4.69) is 26.2 Å². The van der Waals surface area contributed by atoms with Crippen LogP contribution in [0.3, 0.4) is 0 Å². The molecule has 17 heavy (non-hydrogen) atoms. The van der Waals surface area contributed by atoms with Crippen molar-refractivity contribution in [1.29, 1.82) is 0 Å². The molecule has 1 aromatic heterocycles. The zero-order valence-electron chi connectivity index (χ0n) is 9.60. The number of rotatable bonds is 4. The van der Waals surface area contributed by atoms with E-state index in [1.165, 1.54) is 0 Å². The predicted octanol–water partition coefficient (Wildman–Crippen LogP) is 2.29. The van der Waals surface area contributed by atoms with E-state index in [1.54, 1.807) is 6.33 Å². The predicted molar refractivity (Wildman–Crippen MR) is 72.8 cm³/mol. The smallest absolute Gasteiger partial charge is 0.0946 e. The maximum Gasteiger partial charge on any atom is 0.0946 e. The van der Waals surface area contributed by atoms with Crippen molar-refractivity contribution in [3.63, 3.8) is 0 Å². The molecule has 0 saturated carbocycles. The van der Waals surface area contributed by atoms with Crippen LogP contribution in [0.15, 0.2) is 41.3 Å². The van der Waals surface area contributed by atoms with Crippen LogP contribution in [-0.4, -0.2) is 16.1 Å². The van der Waals surface area contributed by atoms with Gasteiger partial charge in [0.15, 0.2) is 0 Å². The van der Waals surface area contributed by atoms with E-state index >= 15 is 0 Å². The number of imidazole rings is 1. The van der Waals surface area contributed by atoms with E-state index in [0.717, 1.165) is 15.9 Å². The van der Waals surface area contributed by atoms with Crippen LogP contribution >= 0.6 is 15.9 Å². The molecule has 1 unspecified atom stereocenters. The average molecular weight is 295 g/mol. The lowest BCUT2D eigenvalue weighted by atomic mass is 10.2. The van der Waals surface area contributed by atoms with Gasteiger partial charge >= 0.3 is 0 Å². The summed E-state index contributed by atoms with van der Waals surface area (Å²) in [6.07, 6.45) is 3.62. The second-order valence-electron chi connectivity index (χ2n) is 3.87. The highest BCUT2D eigenvalue weighted by Crippen LogP contribution is 2.20. The zero-order chi connectivity index (χ0) is 12.3. The van der Waals surface area contributed by atoms with Gasteiger partial charge in [-0.25, -0.2) is 4.98 Å². The van der Waals surface area contributed by atoms with Crippen molar-refractivity contribution >= 4 is 21.6 Å². The summed E-state index contributed by atoms with van der Waals surface area (Å²) < 4.78 is 3.04. The Morgan fingerprint density at radius 2 is 2.12 bits per heavy atom. The monoisotopic (exact) mass is 294 g/mol. The lowest BCUT2D eigenvalue weighted by Gasteiger charge is -2.18. The van der Waals surface area contributed by atoms with Gasteiger partial charge in [-0.15, -0.1) is 0 Å². The number of aryl methyl sites for hydroxylation is 1. The number of hydrogen-bond acceptors (Lipinski definition) is 3. The SMILES string of the molecule is Cn1cncc1C(CN)Nc1ccc(Br)cc1. The first-order valence-electron chi connectivity index (χ1n) is 5.39. The fourth-order valence-electron chi connectivity index (χ4n) is 1.70. The first-order valence-corrected chi connectivity index (χ1v) is 6.18. The standard InChI is InChI=1S/C12H15BrN4/c1-17-8-15-7-12(17)11(6-14)16-10-4-2-9(13)3-5-10/h2-5,7-8,11,16H,6,14H2,1H3. The molecule has 0 saturated heterocycles. The van der Waals surface area contributed by atoms with E-state index in [9.17, 15) is 0 Å². The minimum absolute atomic E-state index is 0.0728. The zero-order valence-corrected chi connectivity index (χ0v) is 11.2. The van der Waals surface area contributed by atoms with Gasteiger partial charge in [0, 0.05) is 23.8 Å². The van der Waals surface area contributed by atoms with E-state index < -0.39 is 0 Å². The number of benzene rings is 1. The number of nitrogens with one attached hydrogen (secondary N) is 1. The van der Waals surface area contributed by atoms with E-state index in [4.69, 9.17) is 5.73 Å². The summed E-state index contributed by atoms with van der Waals surface area (Å²) in [6, 6.07) is 8.11. The molecule has 0 radical (unpaired) electrons. The van der Waals surface area contributed by atoms with E-state index in [1.807, 2.05) is 42.1 Å². The fourth-order valence-corrected chi connectivity index (χ4v) is 1.97. The molecule has 0 bridgehead atoms. The van der Waals surface area contributed by atoms with Gasteiger partial charge in [-0.3, -0.25) is 0 Å². The summed E-state index contributed by atoms with van der Waals surface area (Å²) in [7, 11) is 1.97. The van der Waals surface area contributed by atoms with Gasteiger partial charge in [-0.05, 0) is 24.3 Å². The number of nitrogens with zero attached hydrogens (tertiary/aromatic N) is 2. The van der Waals surface area contributed by atoms with Crippen molar-refractivity contribution in [2.75, 3.05) is 11.9 Å². The fraction of sp³-hybridized carbons (Fsp3) is 0.250. The number of aromatic nitrogens is 2. The van der Waals surface area contributed by atoms with Crippen molar-refractivity contribution in [2.24, 2.45) is 12.8 Å². The van der Waals surface area contributed by atoms with E-state index in [0.29, 0.717) is 6.54 Å². The molecule has 0 aliphatic rings. The number of hydrogen-bond donors (Lipinski definition) is 2. The molecule has 90 valence electrons. The van der Waals surface area contributed by atoms with Crippen LogP contribution in [0.4, 0.5) is 5.69 Å². The molecule has 0 spiro atoms. The summed E-state index contributed by atoms with van der Waals surface area (Å²) in [4.78, 5) is 4.11. The Balaban J connectivity index is 2.16. The van der Waals surface area contributed by atoms with Gasteiger partial charge in [0.2, 0.25) is 0 Å². The summed E-state index contributed by atoms with van der Waals surface area (Å²) in [6.45, 7) is 0.523. The summed E-state index contributed by atoms with van der Waals surface area (Å²) in [5.41, 5.74) is 7.92. The Morgan fingerprint density at radius 1 is 1.41 bits per heavy atom. The number of anilines is 1. The van der Waals surface area contributed by atoms with Crippen LogP contribution in [-0.2, 0) is 7.05 Å². The Morgan fingerprint density at radius 3 is 2.65 bits per heavy atom. The third-order valence-corrected chi connectivity index (χ3v) is 3.16. The molecule has 2 aromatic rings. The Labute approximate surface area is 109 Å². The largest absolute Gasteiger partial charge is 0.375 e. The topological polar surface area (TPSA) is 55.9 Å². The second-order valence-corrected chi connectivity index (χ2v) is 4.78. The first kappa shape index (κ1) is 12.1. The lowest BCUT2D eigenvalue weighted by molar-refractivity contribution is 0.706. The van der Waals surface area contributed by atoms with Crippen LogP contribution in [0.5, 0.6) is 0 Å². The van der Waals surface area contributed by atoms with Crippen molar-refractivity contribution in [3.8, 4) is 0 Å². The van der Waals surface area contributed by atoms with Gasteiger partial charge in [0.1, 0.15) is 0 Å². The molecule has 0 aliphatic carbocycles. The van der Waals surface area contributed by atoms with Crippen LogP contribution in [0, 0.1) is 0 Å². The van der Waals surface area contributed by atoms with Crippen molar-refractivity contribution in [3.05, 3.63) is 47.0 Å².